The van der Waals surface area contributed by atoms with Crippen LogP contribution in [0.15, 0.2) is 66.9 Å². The molecular weight excluding hydrogens is 847 g/mol. The molecule has 0 aliphatic carbocycles. The molecule has 350 valence electrons. The molecule has 5 rings (SSSR count). The number of fused-ring (bicyclic) bond motifs is 5. The minimum absolute atomic E-state index is 0.0323. The average Bonchev–Trinajstić information content (AvgIpc) is 3.30. The third-order valence-electron chi connectivity index (χ3n) is 10.9. The van der Waals surface area contributed by atoms with Crippen molar-refractivity contribution in [1.82, 2.24) is 36.1 Å². The van der Waals surface area contributed by atoms with Gasteiger partial charge in [-0.05, 0) is 66.3 Å². The van der Waals surface area contributed by atoms with Gasteiger partial charge in [0.1, 0.15) is 55.4 Å². The van der Waals surface area contributed by atoms with Crippen molar-refractivity contribution >= 4 is 29.5 Å². The van der Waals surface area contributed by atoms with Crippen LogP contribution in [-0.2, 0) is 31.0 Å². The second-order valence-corrected chi connectivity index (χ2v) is 16.7. The van der Waals surface area contributed by atoms with Crippen molar-refractivity contribution < 1.29 is 38.6 Å². The fourth-order valence-electron chi connectivity index (χ4n) is 7.38. The number of carbonyl (C=O) groups excluding carboxylic acids is 5. The average molecular weight is 906 g/mol. The molecule has 4 bridgehead atoms. The van der Waals surface area contributed by atoms with Gasteiger partial charge in [0.05, 0.1) is 23.9 Å². The van der Waals surface area contributed by atoms with Crippen molar-refractivity contribution in [3.63, 3.8) is 0 Å². The predicted molar refractivity (Wildman–Crippen MR) is 246 cm³/mol. The fourth-order valence-corrected chi connectivity index (χ4v) is 7.38. The monoisotopic (exact) mass is 905 g/mol. The highest BCUT2D eigenvalue weighted by atomic mass is 16.5. The number of benzene rings is 3. The molecule has 0 radical (unpaired) electrons. The number of hydrogen-bond acceptors (Lipinski definition) is 14. The lowest BCUT2D eigenvalue weighted by Gasteiger charge is -2.33. The summed E-state index contributed by atoms with van der Waals surface area (Å²) in [6.45, 7) is 7.30. The Morgan fingerprint density at radius 3 is 2.18 bits per heavy atom. The van der Waals surface area contributed by atoms with Crippen LogP contribution >= 0.6 is 0 Å². The number of ether oxygens (including phenoxy) is 2. The molecule has 0 spiro atoms. The van der Waals surface area contributed by atoms with Crippen LogP contribution in [0.1, 0.15) is 66.0 Å². The fraction of sp³-hybridized carbons (Fsp3) is 0.404. The first-order valence-corrected chi connectivity index (χ1v) is 21.6. The molecule has 1 aliphatic heterocycles. The summed E-state index contributed by atoms with van der Waals surface area (Å²) in [7, 11) is 1.36. The molecule has 19 heteroatoms. The van der Waals surface area contributed by atoms with Crippen LogP contribution in [0.4, 0.5) is 0 Å². The van der Waals surface area contributed by atoms with E-state index in [4.69, 9.17) is 31.9 Å². The number of hydrogen-bond donors (Lipinski definition) is 8. The number of aromatic nitrogens is 2. The van der Waals surface area contributed by atoms with Crippen molar-refractivity contribution in [2.24, 2.45) is 17.2 Å². The SMILES string of the molecule is Cc1nc(-c2ccc(C(C)(C)C)cc2)ncc1C(=O)NC(CCN)C(=O)N(C)[C@@H]1C(=O)N[C@@H](CO)C(=O)N[C@H](C(=O)NCC#N)Cc2ccc(OCCN)c(c2)-c2cc1ccc2OCCN. The van der Waals surface area contributed by atoms with Crippen molar-refractivity contribution in [2.75, 3.05) is 53.0 Å². The number of nitriles is 1. The highest BCUT2D eigenvalue weighted by molar-refractivity contribution is 6.00. The van der Waals surface area contributed by atoms with Gasteiger partial charge in [0, 0.05) is 49.4 Å². The van der Waals surface area contributed by atoms with Crippen LogP contribution in [0, 0.1) is 18.3 Å². The van der Waals surface area contributed by atoms with Crippen LogP contribution in [0.25, 0.3) is 22.5 Å². The molecule has 11 N–H and O–H groups in total. The number of likely N-dealkylation sites (N-methyl/N-ethyl adjacent to an activating group) is 1. The van der Waals surface area contributed by atoms with Crippen LogP contribution in [0.5, 0.6) is 11.5 Å². The maximum atomic E-state index is 14.7. The molecular formula is C47H59N11O8. The van der Waals surface area contributed by atoms with Gasteiger partial charge in [-0.3, -0.25) is 24.0 Å². The van der Waals surface area contributed by atoms with Crippen LogP contribution in [0.3, 0.4) is 0 Å². The number of nitrogens with zero attached hydrogens (tertiary/aromatic N) is 4. The van der Waals surface area contributed by atoms with Gasteiger partial charge in [0.15, 0.2) is 5.82 Å². The van der Waals surface area contributed by atoms with Crippen LogP contribution < -0.4 is 47.9 Å². The largest absolute Gasteiger partial charge is 0.492 e. The highest BCUT2D eigenvalue weighted by Gasteiger charge is 2.37. The first kappa shape index (κ1) is 50.0. The van der Waals surface area contributed by atoms with Gasteiger partial charge in [-0.2, -0.15) is 5.26 Å². The van der Waals surface area contributed by atoms with Crippen molar-refractivity contribution in [3.05, 3.63) is 94.8 Å². The topological polar surface area (TPSA) is 303 Å². The van der Waals surface area contributed by atoms with Gasteiger partial charge >= 0.3 is 0 Å². The second-order valence-electron chi connectivity index (χ2n) is 16.7. The van der Waals surface area contributed by atoms with Gasteiger partial charge in [-0.25, -0.2) is 9.97 Å². The minimum atomic E-state index is -1.60. The Morgan fingerprint density at radius 2 is 1.59 bits per heavy atom. The van der Waals surface area contributed by atoms with E-state index < -0.39 is 60.3 Å². The van der Waals surface area contributed by atoms with E-state index in [1.807, 2.05) is 30.3 Å². The summed E-state index contributed by atoms with van der Waals surface area (Å²) in [6, 6.07) is 13.9. The third-order valence-corrected chi connectivity index (χ3v) is 10.9. The zero-order valence-corrected chi connectivity index (χ0v) is 37.9. The quantitative estimate of drug-likeness (QED) is 0.0725. The number of aryl methyl sites for hydroxylation is 1. The molecule has 3 aromatic carbocycles. The number of amides is 5. The number of nitrogens with one attached hydrogen (secondary N) is 4. The third kappa shape index (κ3) is 12.2. The summed E-state index contributed by atoms with van der Waals surface area (Å²) in [6.07, 6.45) is 1.27. The standard InChI is InChI=1S/C47H59N11O8/c1-27-34(25-53-41(54-27)29-7-10-31(11-8-29)47(2,3)4)42(60)55-35(14-15-48)46(64)58(5)40-30-9-13-39(66-21-18-51)33(24-30)32-22-28(6-12-38(32)65-20-17-50)23-36(43(61)52-19-16-49)56-44(62)37(26-59)57-45(40)63/h6-13,22,24-25,35-37,40,59H,14-15,17-21,23,26,48,50-51H2,1-5H3,(H,52,61)(H,55,60)(H,56,62)(H,57,63)/t35?,36-,37-,40-/m0/s1. The minimum Gasteiger partial charge on any atom is -0.492 e. The molecule has 5 amide bonds. The highest BCUT2D eigenvalue weighted by Crippen LogP contribution is 2.40. The summed E-state index contributed by atoms with van der Waals surface area (Å²) in [4.78, 5) is 80.5. The molecule has 1 aromatic heterocycles. The van der Waals surface area contributed by atoms with Gasteiger partial charge in [0.2, 0.25) is 23.6 Å². The summed E-state index contributed by atoms with van der Waals surface area (Å²) in [5.41, 5.74) is 21.6. The van der Waals surface area contributed by atoms with E-state index in [0.29, 0.717) is 39.7 Å². The van der Waals surface area contributed by atoms with E-state index in [1.165, 1.54) is 13.2 Å². The summed E-state index contributed by atoms with van der Waals surface area (Å²) >= 11 is 0. The lowest BCUT2D eigenvalue weighted by atomic mass is 9.87. The second kappa shape index (κ2) is 22.8. The summed E-state index contributed by atoms with van der Waals surface area (Å²) in [5, 5.41) is 30.0. The van der Waals surface area contributed by atoms with E-state index in [2.05, 4.69) is 52.0 Å². The van der Waals surface area contributed by atoms with Crippen LogP contribution in [0.2, 0.25) is 0 Å². The molecule has 19 nitrogen and oxygen atoms in total. The van der Waals surface area contributed by atoms with E-state index in [9.17, 15) is 29.1 Å². The van der Waals surface area contributed by atoms with E-state index in [0.717, 1.165) is 16.0 Å². The van der Waals surface area contributed by atoms with Gasteiger partial charge in [-0.15, -0.1) is 0 Å². The Kier molecular flexibility index (Phi) is 17.3. The number of rotatable bonds is 16. The van der Waals surface area contributed by atoms with Crippen LogP contribution in [-0.4, -0.2) is 121 Å². The Balaban J connectivity index is 1.57. The Hall–Kier alpha value is -6.98. The maximum absolute atomic E-state index is 14.7. The number of carbonyl (C=O) groups is 5. The van der Waals surface area contributed by atoms with E-state index in [1.54, 1.807) is 43.3 Å². The number of aliphatic hydroxyl groups excluding tert-OH is 1. The van der Waals surface area contributed by atoms with E-state index >= 15 is 0 Å². The Labute approximate surface area is 383 Å². The van der Waals surface area contributed by atoms with Crippen molar-refractivity contribution in [3.8, 4) is 40.1 Å². The van der Waals surface area contributed by atoms with Crippen molar-refractivity contribution in [1.29, 1.82) is 5.26 Å². The number of aliphatic hydroxyl groups is 1. The molecule has 2 heterocycles. The Morgan fingerprint density at radius 1 is 0.939 bits per heavy atom. The van der Waals surface area contributed by atoms with Crippen molar-refractivity contribution in [2.45, 2.75) is 70.1 Å². The first-order chi connectivity index (χ1) is 31.5. The lowest BCUT2D eigenvalue weighted by Crippen LogP contribution is -2.57. The van der Waals surface area contributed by atoms with Gasteiger partial charge < -0.3 is 57.9 Å². The smallest absolute Gasteiger partial charge is 0.255 e. The predicted octanol–water partition coefficient (Wildman–Crippen LogP) is 0.896. The molecule has 0 saturated carbocycles. The molecule has 66 heavy (non-hydrogen) atoms. The summed E-state index contributed by atoms with van der Waals surface area (Å²) in [5.74, 6) is -2.77. The molecule has 1 aliphatic rings. The lowest BCUT2D eigenvalue weighted by molar-refractivity contribution is -0.142. The van der Waals surface area contributed by atoms with Gasteiger partial charge in [0.25, 0.3) is 5.91 Å². The van der Waals surface area contributed by atoms with Gasteiger partial charge in [-0.1, -0.05) is 57.2 Å². The molecule has 4 atom stereocenters. The Bertz CT molecular complexity index is 2430. The first-order valence-electron chi connectivity index (χ1n) is 21.6. The zero-order chi connectivity index (χ0) is 48.1. The summed E-state index contributed by atoms with van der Waals surface area (Å²) < 4.78 is 12.1. The molecule has 0 saturated heterocycles. The number of nitrogens with two attached hydrogens (primary N) is 3. The zero-order valence-electron chi connectivity index (χ0n) is 37.9. The molecule has 4 aromatic rings. The molecule has 0 fully saturated rings. The molecule has 1 unspecified atom stereocenters. The normalized spacial score (nSPS) is 16.6. The maximum Gasteiger partial charge on any atom is 0.255 e. The van der Waals surface area contributed by atoms with E-state index in [-0.39, 0.29) is 68.8 Å².